The molecule has 0 aliphatic carbocycles. The molecule has 1 N–H and O–H groups in total. The monoisotopic (exact) mass is 400 g/mol. The van der Waals surface area contributed by atoms with E-state index in [9.17, 15) is 14.4 Å². The van der Waals surface area contributed by atoms with Crippen LogP contribution in [0.25, 0.3) is 0 Å². The number of hydrogen-bond donors (Lipinski definition) is 1. The van der Waals surface area contributed by atoms with Crippen molar-refractivity contribution in [2.45, 2.75) is 39.2 Å². The lowest BCUT2D eigenvalue weighted by atomic mass is 10.1. The molecule has 2 aliphatic rings. The molecule has 0 atom stereocenters. The summed E-state index contributed by atoms with van der Waals surface area (Å²) in [5.74, 6) is -0.957. The summed E-state index contributed by atoms with van der Waals surface area (Å²) >= 11 is 0. The van der Waals surface area contributed by atoms with Crippen molar-refractivity contribution in [1.29, 1.82) is 0 Å². The van der Waals surface area contributed by atoms with Crippen LogP contribution in [-0.4, -0.2) is 78.2 Å². The predicted molar refractivity (Wildman–Crippen MR) is 111 cm³/mol. The highest BCUT2D eigenvalue weighted by molar-refractivity contribution is 6.35. The smallest absolute Gasteiger partial charge is 0.312 e. The molecule has 0 unspecified atom stereocenters. The van der Waals surface area contributed by atoms with Gasteiger partial charge in [-0.05, 0) is 50.6 Å². The quantitative estimate of drug-likeness (QED) is 0.704. The van der Waals surface area contributed by atoms with Gasteiger partial charge in [-0.25, -0.2) is 0 Å². The molecule has 1 aromatic carbocycles. The topological polar surface area (TPSA) is 73.0 Å². The normalized spacial score (nSPS) is 18.7. The molecule has 3 amide bonds. The Hall–Kier alpha value is -2.41. The van der Waals surface area contributed by atoms with Crippen LogP contribution >= 0.6 is 0 Å². The lowest BCUT2D eigenvalue weighted by Crippen LogP contribution is -2.53. The average molecular weight is 401 g/mol. The van der Waals surface area contributed by atoms with Crippen molar-refractivity contribution < 1.29 is 14.4 Å². The standard InChI is InChI=1S/C22H32N4O3/c1-2-25-15-16-26(22(29)21(25)28)17-18-7-9-19(10-8-18)20(27)23-11-14-24-12-5-3-4-6-13-24/h7-10H,2-6,11-17H2,1H3,(H,23,27). The summed E-state index contributed by atoms with van der Waals surface area (Å²) in [7, 11) is 0. The number of carbonyl (C=O) groups is 3. The number of likely N-dealkylation sites (N-methyl/N-ethyl adjacent to an activating group) is 1. The maximum absolute atomic E-state index is 12.4. The first kappa shape index (κ1) is 21.3. The molecule has 2 saturated heterocycles. The van der Waals surface area contributed by atoms with Crippen LogP contribution in [0.4, 0.5) is 0 Å². The molecule has 0 aromatic heterocycles. The second kappa shape index (κ2) is 10.4. The summed E-state index contributed by atoms with van der Waals surface area (Å²) in [4.78, 5) is 42.2. The third-order valence-electron chi connectivity index (χ3n) is 5.78. The number of hydrogen-bond acceptors (Lipinski definition) is 4. The van der Waals surface area contributed by atoms with Crippen molar-refractivity contribution in [3.05, 3.63) is 35.4 Å². The lowest BCUT2D eigenvalue weighted by molar-refractivity contribution is -0.156. The van der Waals surface area contributed by atoms with Gasteiger partial charge in [0.1, 0.15) is 0 Å². The van der Waals surface area contributed by atoms with Gasteiger partial charge in [0.05, 0.1) is 0 Å². The van der Waals surface area contributed by atoms with E-state index in [0.29, 0.717) is 38.3 Å². The second-order valence-electron chi connectivity index (χ2n) is 7.82. The summed E-state index contributed by atoms with van der Waals surface area (Å²) in [5.41, 5.74) is 1.53. The highest BCUT2D eigenvalue weighted by Crippen LogP contribution is 2.12. The first-order chi connectivity index (χ1) is 14.1. The first-order valence-electron chi connectivity index (χ1n) is 10.8. The Kier molecular flexibility index (Phi) is 7.63. The maximum atomic E-state index is 12.4. The van der Waals surface area contributed by atoms with E-state index in [2.05, 4.69) is 10.2 Å². The van der Waals surface area contributed by atoms with E-state index < -0.39 is 11.8 Å². The van der Waals surface area contributed by atoms with Crippen LogP contribution in [0.15, 0.2) is 24.3 Å². The summed E-state index contributed by atoms with van der Waals surface area (Å²) in [6.07, 6.45) is 5.11. The Bertz CT molecular complexity index is 711. The van der Waals surface area contributed by atoms with Crippen LogP contribution in [0.1, 0.15) is 48.5 Å². The van der Waals surface area contributed by atoms with Gasteiger partial charge in [0, 0.05) is 44.8 Å². The number of likely N-dealkylation sites (tertiary alicyclic amines) is 1. The van der Waals surface area contributed by atoms with Crippen molar-refractivity contribution in [1.82, 2.24) is 20.0 Å². The fourth-order valence-corrected chi connectivity index (χ4v) is 3.94. The summed E-state index contributed by atoms with van der Waals surface area (Å²) in [6.45, 7) is 7.71. The zero-order valence-corrected chi connectivity index (χ0v) is 17.4. The van der Waals surface area contributed by atoms with Crippen LogP contribution in [-0.2, 0) is 16.1 Å². The number of rotatable bonds is 7. The van der Waals surface area contributed by atoms with Gasteiger partial charge in [0.2, 0.25) is 0 Å². The fourth-order valence-electron chi connectivity index (χ4n) is 3.94. The third kappa shape index (κ3) is 5.79. The van der Waals surface area contributed by atoms with E-state index >= 15 is 0 Å². The fraction of sp³-hybridized carbons (Fsp3) is 0.591. The zero-order valence-electron chi connectivity index (χ0n) is 17.4. The zero-order chi connectivity index (χ0) is 20.6. The van der Waals surface area contributed by atoms with E-state index in [0.717, 1.165) is 25.2 Å². The van der Waals surface area contributed by atoms with Gasteiger partial charge in [-0.1, -0.05) is 25.0 Å². The molecule has 2 aliphatic heterocycles. The maximum Gasteiger partial charge on any atom is 0.312 e. The number of piperazine rings is 1. The number of nitrogens with one attached hydrogen (secondary N) is 1. The number of carbonyl (C=O) groups excluding carboxylic acids is 3. The van der Waals surface area contributed by atoms with Crippen LogP contribution in [0.3, 0.4) is 0 Å². The molecule has 7 heteroatoms. The van der Waals surface area contributed by atoms with E-state index in [1.165, 1.54) is 25.7 Å². The van der Waals surface area contributed by atoms with Crippen LogP contribution in [0, 0.1) is 0 Å². The molecule has 29 heavy (non-hydrogen) atoms. The van der Waals surface area contributed by atoms with Crippen LogP contribution < -0.4 is 5.32 Å². The molecule has 7 nitrogen and oxygen atoms in total. The van der Waals surface area contributed by atoms with Gasteiger partial charge >= 0.3 is 11.8 Å². The van der Waals surface area contributed by atoms with Gasteiger partial charge in [-0.15, -0.1) is 0 Å². The van der Waals surface area contributed by atoms with E-state index in [1.807, 2.05) is 19.1 Å². The molecule has 2 fully saturated rings. The molecular formula is C22H32N4O3. The van der Waals surface area contributed by atoms with E-state index in [1.54, 1.807) is 21.9 Å². The third-order valence-corrected chi connectivity index (χ3v) is 5.78. The number of amides is 3. The molecule has 2 heterocycles. The first-order valence-corrected chi connectivity index (χ1v) is 10.8. The van der Waals surface area contributed by atoms with Gasteiger partial charge in [0.15, 0.2) is 0 Å². The van der Waals surface area contributed by atoms with Crippen molar-refractivity contribution in [2.75, 3.05) is 45.8 Å². The van der Waals surface area contributed by atoms with Crippen LogP contribution in [0.2, 0.25) is 0 Å². The Morgan fingerprint density at radius 2 is 1.52 bits per heavy atom. The van der Waals surface area contributed by atoms with Crippen molar-refractivity contribution in [3.8, 4) is 0 Å². The minimum atomic E-state index is -0.451. The van der Waals surface area contributed by atoms with E-state index in [4.69, 9.17) is 0 Å². The summed E-state index contributed by atoms with van der Waals surface area (Å²) < 4.78 is 0. The molecule has 0 bridgehead atoms. The SMILES string of the molecule is CCN1CCN(Cc2ccc(C(=O)NCCN3CCCCCC3)cc2)C(=O)C1=O. The highest BCUT2D eigenvalue weighted by atomic mass is 16.2. The molecule has 1 aromatic rings. The lowest BCUT2D eigenvalue weighted by Gasteiger charge is -2.33. The summed E-state index contributed by atoms with van der Waals surface area (Å²) in [5, 5.41) is 3.00. The number of nitrogens with zero attached hydrogens (tertiary/aromatic N) is 3. The van der Waals surface area contributed by atoms with Gasteiger partial charge < -0.3 is 20.0 Å². The number of benzene rings is 1. The second-order valence-corrected chi connectivity index (χ2v) is 7.82. The van der Waals surface area contributed by atoms with Gasteiger partial charge in [-0.2, -0.15) is 0 Å². The molecule has 0 spiro atoms. The minimum absolute atomic E-state index is 0.0748. The van der Waals surface area contributed by atoms with Crippen LogP contribution in [0.5, 0.6) is 0 Å². The highest BCUT2D eigenvalue weighted by Gasteiger charge is 2.31. The summed E-state index contributed by atoms with van der Waals surface area (Å²) in [6, 6.07) is 7.28. The average Bonchev–Trinajstić information content (AvgIpc) is 3.01. The molecule has 0 saturated carbocycles. The minimum Gasteiger partial charge on any atom is -0.351 e. The molecular weight excluding hydrogens is 368 g/mol. The predicted octanol–water partition coefficient (Wildman–Crippen LogP) is 1.48. The molecule has 0 radical (unpaired) electrons. The molecule has 3 rings (SSSR count). The largest absolute Gasteiger partial charge is 0.351 e. The Balaban J connectivity index is 1.46. The van der Waals surface area contributed by atoms with Crippen molar-refractivity contribution >= 4 is 17.7 Å². The Labute approximate surface area is 173 Å². The van der Waals surface area contributed by atoms with Crippen molar-refractivity contribution in [2.24, 2.45) is 0 Å². The molecule has 158 valence electrons. The van der Waals surface area contributed by atoms with Gasteiger partial charge in [0.25, 0.3) is 5.91 Å². The van der Waals surface area contributed by atoms with E-state index in [-0.39, 0.29) is 5.91 Å². The Morgan fingerprint density at radius 3 is 2.17 bits per heavy atom. The Morgan fingerprint density at radius 1 is 0.897 bits per heavy atom. The van der Waals surface area contributed by atoms with Gasteiger partial charge in [-0.3, -0.25) is 14.4 Å². The van der Waals surface area contributed by atoms with Crippen molar-refractivity contribution in [3.63, 3.8) is 0 Å².